The van der Waals surface area contributed by atoms with Gasteiger partial charge in [0.15, 0.2) is 0 Å². The van der Waals surface area contributed by atoms with E-state index >= 15 is 4.39 Å². The fraction of sp³-hybridized carbons (Fsp3) is 0.357. The third kappa shape index (κ3) is 5.45. The van der Waals surface area contributed by atoms with Crippen LogP contribution in [-0.2, 0) is 0 Å². The molecule has 0 amide bonds. The molecule has 1 aliphatic heterocycles. The number of nitrogens with zero attached hydrogens (tertiary/aromatic N) is 2. The normalized spacial score (nSPS) is 20.4. The van der Waals surface area contributed by atoms with E-state index in [1.165, 1.54) is 26.0 Å². The number of benzene rings is 2. The second-order valence-corrected chi connectivity index (χ2v) is 10.8. The van der Waals surface area contributed by atoms with Crippen LogP contribution in [0.1, 0.15) is 49.2 Å². The summed E-state index contributed by atoms with van der Waals surface area (Å²) in [5.41, 5.74) is 0.481. The van der Waals surface area contributed by atoms with E-state index in [1.807, 2.05) is 36.4 Å². The van der Waals surface area contributed by atoms with Crippen molar-refractivity contribution in [3.8, 4) is 0 Å². The number of alkyl halides is 1. The zero-order chi connectivity index (χ0) is 26.3. The monoisotopic (exact) mass is 529 g/mol. The second-order valence-electron chi connectivity index (χ2n) is 10.3. The van der Waals surface area contributed by atoms with Gasteiger partial charge in [0.25, 0.3) is 0 Å². The molecule has 3 atom stereocenters. The molecule has 1 saturated heterocycles. The minimum Gasteiger partial charge on any atom is -0.388 e. The standard InChI is InChI=1S/C28H27ClF3N3O2/c1-28(2,32)24(19-11-22(30)13-23(31)12-19)20-14-35(15-20)25(16-6-8-21(29)9-7-16)17-4-3-5-18(10-17)26-33-34-27(36)37-26/h3-9,11-13,17,20,24-25H,10,14-15H2,1-2H3,(H,34,36)/t17-,24?,25?/m0/s1. The summed E-state index contributed by atoms with van der Waals surface area (Å²) in [6, 6.07) is 10.8. The maximum atomic E-state index is 15.4. The molecule has 0 bridgehead atoms. The Labute approximate surface area is 217 Å². The SMILES string of the molecule is CC(C)(F)C(c1cc(F)cc(F)c1)C1CN(C(c2ccc(Cl)cc2)[C@H]2C=CC=C(c3n[nH]c(=O)o3)C2)C1. The lowest BCUT2D eigenvalue weighted by Crippen LogP contribution is -2.54. The first-order chi connectivity index (χ1) is 17.6. The van der Waals surface area contributed by atoms with E-state index < -0.39 is 29.0 Å². The lowest BCUT2D eigenvalue weighted by Gasteiger charge is -2.51. The highest BCUT2D eigenvalue weighted by atomic mass is 35.5. The topological polar surface area (TPSA) is 62.1 Å². The Kier molecular flexibility index (Phi) is 6.89. The van der Waals surface area contributed by atoms with Crippen molar-refractivity contribution in [3.63, 3.8) is 0 Å². The second kappa shape index (κ2) is 9.99. The Balaban J connectivity index is 1.42. The van der Waals surface area contributed by atoms with E-state index in [1.54, 1.807) is 0 Å². The molecule has 3 aromatic rings. The summed E-state index contributed by atoms with van der Waals surface area (Å²) in [7, 11) is 0. The molecule has 5 rings (SSSR count). The molecular weight excluding hydrogens is 503 g/mol. The van der Waals surface area contributed by atoms with Crippen molar-refractivity contribution in [2.75, 3.05) is 13.1 Å². The minimum atomic E-state index is -1.68. The number of aromatic nitrogens is 2. The Morgan fingerprint density at radius 2 is 1.78 bits per heavy atom. The van der Waals surface area contributed by atoms with Gasteiger partial charge >= 0.3 is 5.76 Å². The van der Waals surface area contributed by atoms with E-state index in [4.69, 9.17) is 16.0 Å². The van der Waals surface area contributed by atoms with Gasteiger partial charge in [0.2, 0.25) is 5.89 Å². The molecule has 2 aromatic carbocycles. The van der Waals surface area contributed by atoms with Crippen molar-refractivity contribution >= 4 is 17.2 Å². The first-order valence-electron chi connectivity index (χ1n) is 12.2. The summed E-state index contributed by atoms with van der Waals surface area (Å²) >= 11 is 6.15. The van der Waals surface area contributed by atoms with Crippen LogP contribution in [0.5, 0.6) is 0 Å². The van der Waals surface area contributed by atoms with Crippen molar-refractivity contribution < 1.29 is 17.6 Å². The number of halogens is 4. The van der Waals surface area contributed by atoms with Gasteiger partial charge in [0.1, 0.15) is 17.3 Å². The molecule has 194 valence electrons. The van der Waals surface area contributed by atoms with Crippen molar-refractivity contribution in [3.05, 3.63) is 105 Å². The molecule has 9 heteroatoms. The zero-order valence-electron chi connectivity index (χ0n) is 20.4. The molecule has 0 spiro atoms. The number of rotatable bonds is 7. The average Bonchev–Trinajstić information content (AvgIpc) is 3.24. The summed E-state index contributed by atoms with van der Waals surface area (Å²) < 4.78 is 48.6. The van der Waals surface area contributed by atoms with Crippen molar-refractivity contribution in [1.82, 2.24) is 15.1 Å². The number of nitrogens with one attached hydrogen (secondary N) is 1. The van der Waals surface area contributed by atoms with Gasteiger partial charge in [0.05, 0.1) is 0 Å². The largest absolute Gasteiger partial charge is 0.434 e. The molecular formula is C28H27ClF3N3O2. The van der Waals surface area contributed by atoms with Gasteiger partial charge in [-0.2, -0.15) is 0 Å². The molecule has 37 heavy (non-hydrogen) atoms. The quantitative estimate of drug-likeness (QED) is 0.381. The number of allylic oxidation sites excluding steroid dienone is 3. The first kappa shape index (κ1) is 25.5. The van der Waals surface area contributed by atoms with E-state index in [0.717, 1.165) is 17.2 Å². The molecule has 2 heterocycles. The zero-order valence-corrected chi connectivity index (χ0v) is 21.2. The lowest BCUT2D eigenvalue weighted by molar-refractivity contribution is -0.0128. The number of aromatic amines is 1. The highest BCUT2D eigenvalue weighted by molar-refractivity contribution is 6.30. The van der Waals surface area contributed by atoms with Crippen LogP contribution in [-0.4, -0.2) is 33.9 Å². The van der Waals surface area contributed by atoms with Gasteiger partial charge in [-0.05, 0) is 61.6 Å². The van der Waals surface area contributed by atoms with Crippen LogP contribution in [0, 0.1) is 23.5 Å². The van der Waals surface area contributed by atoms with Gasteiger partial charge in [-0.15, -0.1) is 5.10 Å². The van der Waals surface area contributed by atoms with Gasteiger partial charge in [0, 0.05) is 47.6 Å². The molecule has 2 aliphatic rings. The summed E-state index contributed by atoms with van der Waals surface area (Å²) in [6.45, 7) is 4.01. The Morgan fingerprint density at radius 3 is 2.38 bits per heavy atom. The van der Waals surface area contributed by atoms with E-state index in [9.17, 15) is 13.6 Å². The molecule has 0 saturated carbocycles. The molecule has 0 radical (unpaired) electrons. The molecule has 5 nitrogen and oxygen atoms in total. The van der Waals surface area contributed by atoms with E-state index in [-0.39, 0.29) is 23.8 Å². The van der Waals surface area contributed by atoms with Gasteiger partial charge in [-0.3, -0.25) is 4.90 Å². The number of H-pyrrole nitrogens is 1. The molecule has 1 fully saturated rings. The fourth-order valence-corrected chi connectivity index (χ4v) is 5.93. The lowest BCUT2D eigenvalue weighted by atomic mass is 9.71. The van der Waals surface area contributed by atoms with Crippen LogP contribution >= 0.6 is 11.6 Å². The predicted molar refractivity (Wildman–Crippen MR) is 136 cm³/mol. The van der Waals surface area contributed by atoms with Gasteiger partial charge in [-0.25, -0.2) is 23.1 Å². The predicted octanol–water partition coefficient (Wildman–Crippen LogP) is 6.46. The van der Waals surface area contributed by atoms with E-state index in [2.05, 4.69) is 21.2 Å². The fourth-order valence-electron chi connectivity index (χ4n) is 5.81. The molecule has 1 aromatic heterocycles. The van der Waals surface area contributed by atoms with Crippen molar-refractivity contribution in [1.29, 1.82) is 0 Å². The number of hydrogen-bond acceptors (Lipinski definition) is 4. The first-order valence-corrected chi connectivity index (χ1v) is 12.5. The molecule has 1 aliphatic carbocycles. The van der Waals surface area contributed by atoms with Crippen LogP contribution < -0.4 is 5.76 Å². The van der Waals surface area contributed by atoms with Gasteiger partial charge < -0.3 is 4.42 Å². The Bertz CT molecular complexity index is 1360. The number of likely N-dealkylation sites (tertiary alicyclic amines) is 1. The Morgan fingerprint density at radius 1 is 1.11 bits per heavy atom. The van der Waals surface area contributed by atoms with Gasteiger partial charge in [-0.1, -0.05) is 42.0 Å². The smallest absolute Gasteiger partial charge is 0.388 e. The summed E-state index contributed by atoms with van der Waals surface area (Å²) in [4.78, 5) is 13.7. The molecule has 1 N–H and O–H groups in total. The third-order valence-corrected chi connectivity index (χ3v) is 7.48. The van der Waals surface area contributed by atoms with Crippen molar-refractivity contribution in [2.24, 2.45) is 11.8 Å². The van der Waals surface area contributed by atoms with Crippen LogP contribution in [0.4, 0.5) is 13.2 Å². The Hall–Kier alpha value is -3.10. The van der Waals surface area contributed by atoms with E-state index in [0.29, 0.717) is 30.1 Å². The van der Waals surface area contributed by atoms with Crippen LogP contribution in [0.3, 0.4) is 0 Å². The van der Waals surface area contributed by atoms with Crippen LogP contribution in [0.15, 0.2) is 69.9 Å². The molecule has 2 unspecified atom stereocenters. The summed E-state index contributed by atoms with van der Waals surface area (Å²) in [5.74, 6) is -2.59. The number of hydrogen-bond donors (Lipinski definition) is 1. The maximum absolute atomic E-state index is 15.4. The summed E-state index contributed by atoms with van der Waals surface area (Å²) in [6.07, 6.45) is 6.46. The maximum Gasteiger partial charge on any atom is 0.434 e. The highest BCUT2D eigenvalue weighted by Crippen LogP contribution is 2.47. The van der Waals surface area contributed by atoms with Crippen LogP contribution in [0.2, 0.25) is 5.02 Å². The minimum absolute atomic E-state index is 0.00702. The van der Waals surface area contributed by atoms with Crippen molar-refractivity contribution in [2.45, 2.75) is 37.9 Å². The average molecular weight is 530 g/mol. The third-order valence-electron chi connectivity index (χ3n) is 7.23. The highest BCUT2D eigenvalue weighted by Gasteiger charge is 2.46. The van der Waals surface area contributed by atoms with Crippen LogP contribution in [0.25, 0.3) is 5.57 Å². The summed E-state index contributed by atoms with van der Waals surface area (Å²) in [5, 5.41) is 6.88.